The molecule has 0 spiro atoms. The largest absolute Gasteiger partial charge is 0.497 e. The third kappa shape index (κ3) is 5.94. The molecule has 0 radical (unpaired) electrons. The molecule has 1 atom stereocenters. The molecule has 1 N–H and O–H groups in total. The van der Waals surface area contributed by atoms with Crippen molar-refractivity contribution in [1.29, 1.82) is 0 Å². The summed E-state index contributed by atoms with van der Waals surface area (Å²) in [6.45, 7) is 3.43. The van der Waals surface area contributed by atoms with Crippen molar-refractivity contribution in [3.8, 4) is 5.75 Å². The molecule has 0 bridgehead atoms. The smallest absolute Gasteiger partial charge is 0.220 e. The lowest BCUT2D eigenvalue weighted by atomic mass is 9.88. The second-order valence-corrected chi connectivity index (χ2v) is 9.67. The van der Waals surface area contributed by atoms with E-state index in [0.717, 1.165) is 34.6 Å². The summed E-state index contributed by atoms with van der Waals surface area (Å²) in [6, 6.07) is 31.0. The van der Waals surface area contributed by atoms with Crippen LogP contribution in [0.5, 0.6) is 5.75 Å². The van der Waals surface area contributed by atoms with Crippen LogP contribution in [0.2, 0.25) is 0 Å². The Morgan fingerprint density at radius 2 is 1.71 bits per heavy atom. The molecule has 0 saturated carbocycles. The Hall–Kier alpha value is -4.38. The number of amides is 1. The van der Waals surface area contributed by atoms with Gasteiger partial charge in [0.2, 0.25) is 5.91 Å². The van der Waals surface area contributed by atoms with Crippen LogP contribution >= 0.6 is 0 Å². The van der Waals surface area contributed by atoms with Crippen LogP contribution in [-0.2, 0) is 17.8 Å². The zero-order valence-corrected chi connectivity index (χ0v) is 21.9. The second-order valence-electron chi connectivity index (χ2n) is 9.67. The summed E-state index contributed by atoms with van der Waals surface area (Å²) in [7, 11) is 1.67. The van der Waals surface area contributed by atoms with Gasteiger partial charge in [-0.3, -0.25) is 9.78 Å². The van der Waals surface area contributed by atoms with Gasteiger partial charge in [0, 0.05) is 60.8 Å². The highest BCUT2D eigenvalue weighted by atomic mass is 16.5. The number of hydrogen-bond acceptors (Lipinski definition) is 3. The third-order valence-electron chi connectivity index (χ3n) is 7.01. The summed E-state index contributed by atoms with van der Waals surface area (Å²) in [6.07, 6.45) is 5.06. The quantitative estimate of drug-likeness (QED) is 0.244. The molecule has 2 aromatic heterocycles. The SMILES string of the molecule is COc1ccc(C(CC(=O)NCCc2ccccn2)c2cn(Cc3ccc(C)cc3)c3ccccc23)cc1. The van der Waals surface area contributed by atoms with Gasteiger partial charge < -0.3 is 14.6 Å². The Bertz CT molecular complexity index is 1490. The fraction of sp³-hybridized carbons (Fsp3) is 0.212. The summed E-state index contributed by atoms with van der Waals surface area (Å²) in [5.41, 5.74) is 6.87. The number of rotatable bonds is 10. The number of pyridine rings is 1. The zero-order chi connectivity index (χ0) is 26.3. The van der Waals surface area contributed by atoms with E-state index in [9.17, 15) is 4.79 Å². The van der Waals surface area contributed by atoms with E-state index in [1.54, 1.807) is 13.3 Å². The Kier molecular flexibility index (Phi) is 7.84. The Morgan fingerprint density at radius 3 is 2.45 bits per heavy atom. The molecule has 1 unspecified atom stereocenters. The number of nitrogens with one attached hydrogen (secondary N) is 1. The van der Waals surface area contributed by atoms with E-state index in [2.05, 4.69) is 88.7 Å². The summed E-state index contributed by atoms with van der Waals surface area (Å²) < 4.78 is 7.69. The molecule has 0 aliphatic carbocycles. The van der Waals surface area contributed by atoms with Crippen LogP contribution in [0.25, 0.3) is 10.9 Å². The number of ether oxygens (including phenoxy) is 1. The molecule has 38 heavy (non-hydrogen) atoms. The monoisotopic (exact) mass is 503 g/mol. The van der Waals surface area contributed by atoms with E-state index in [1.165, 1.54) is 16.5 Å². The van der Waals surface area contributed by atoms with Crippen molar-refractivity contribution in [3.05, 3.63) is 131 Å². The summed E-state index contributed by atoms with van der Waals surface area (Å²) in [4.78, 5) is 17.6. The maximum Gasteiger partial charge on any atom is 0.220 e. The molecule has 5 heteroatoms. The summed E-state index contributed by atoms with van der Waals surface area (Å²) in [5.74, 6) is 0.728. The zero-order valence-electron chi connectivity index (χ0n) is 21.9. The van der Waals surface area contributed by atoms with E-state index < -0.39 is 0 Å². The first kappa shape index (κ1) is 25.3. The number of carbonyl (C=O) groups excluding carboxylic acids is 1. The molecule has 5 aromatic rings. The number of nitrogens with zero attached hydrogens (tertiary/aromatic N) is 2. The van der Waals surface area contributed by atoms with Crippen molar-refractivity contribution in [3.63, 3.8) is 0 Å². The molecule has 2 heterocycles. The first-order chi connectivity index (χ1) is 18.6. The van der Waals surface area contributed by atoms with Gasteiger partial charge in [-0.1, -0.05) is 66.2 Å². The first-order valence-electron chi connectivity index (χ1n) is 13.0. The topological polar surface area (TPSA) is 56.1 Å². The minimum Gasteiger partial charge on any atom is -0.497 e. The lowest BCUT2D eigenvalue weighted by Gasteiger charge is -2.18. The van der Waals surface area contributed by atoms with Crippen LogP contribution in [0.15, 0.2) is 103 Å². The van der Waals surface area contributed by atoms with E-state index in [4.69, 9.17) is 4.74 Å². The van der Waals surface area contributed by atoms with E-state index in [0.29, 0.717) is 19.4 Å². The van der Waals surface area contributed by atoms with Crippen LogP contribution in [0.3, 0.4) is 0 Å². The predicted octanol–water partition coefficient (Wildman–Crippen LogP) is 6.28. The molecule has 5 rings (SSSR count). The van der Waals surface area contributed by atoms with Crippen LogP contribution in [-0.4, -0.2) is 29.1 Å². The number of carbonyl (C=O) groups is 1. The Morgan fingerprint density at radius 1 is 0.947 bits per heavy atom. The maximum absolute atomic E-state index is 13.2. The molecule has 0 aliphatic heterocycles. The van der Waals surface area contributed by atoms with Gasteiger partial charge in [-0.2, -0.15) is 0 Å². The van der Waals surface area contributed by atoms with Crippen LogP contribution in [0, 0.1) is 6.92 Å². The van der Waals surface area contributed by atoms with Crippen molar-refractivity contribution in [2.45, 2.75) is 32.2 Å². The molecule has 5 nitrogen and oxygen atoms in total. The van der Waals surface area contributed by atoms with Gasteiger partial charge in [0.15, 0.2) is 0 Å². The molecule has 0 saturated heterocycles. The number of hydrogen-bond donors (Lipinski definition) is 1. The molecule has 0 fully saturated rings. The molecule has 192 valence electrons. The van der Waals surface area contributed by atoms with Gasteiger partial charge in [-0.05, 0) is 53.9 Å². The lowest BCUT2D eigenvalue weighted by Crippen LogP contribution is -2.27. The van der Waals surface area contributed by atoms with Crippen LogP contribution in [0.1, 0.15) is 40.3 Å². The first-order valence-corrected chi connectivity index (χ1v) is 13.0. The summed E-state index contributed by atoms with van der Waals surface area (Å²) in [5, 5.41) is 4.28. The number of fused-ring (bicyclic) bond motifs is 1. The van der Waals surface area contributed by atoms with Gasteiger partial charge in [0.05, 0.1) is 7.11 Å². The average molecular weight is 504 g/mol. The molecule has 1 amide bonds. The van der Waals surface area contributed by atoms with Gasteiger partial charge in [-0.15, -0.1) is 0 Å². The average Bonchev–Trinajstić information content (AvgIpc) is 3.31. The number of benzene rings is 3. The molecule has 3 aromatic carbocycles. The highest BCUT2D eigenvalue weighted by molar-refractivity contribution is 5.86. The summed E-state index contributed by atoms with van der Waals surface area (Å²) >= 11 is 0. The standard InChI is InChI=1S/C33H33N3O2/c1-24-10-12-25(13-11-24)22-36-23-31(29-8-3-4-9-32(29)36)30(26-14-16-28(38-2)17-15-26)21-33(37)35-20-18-27-7-5-6-19-34-27/h3-17,19,23,30H,18,20-22H2,1-2H3,(H,35,37). The minimum atomic E-state index is -0.0973. The number of methoxy groups -OCH3 is 1. The van der Waals surface area contributed by atoms with E-state index in [-0.39, 0.29) is 11.8 Å². The molecular formula is C33H33N3O2. The maximum atomic E-state index is 13.2. The normalized spacial score (nSPS) is 11.8. The van der Waals surface area contributed by atoms with Crippen molar-refractivity contribution in [1.82, 2.24) is 14.9 Å². The van der Waals surface area contributed by atoms with E-state index >= 15 is 0 Å². The van der Waals surface area contributed by atoms with Crippen molar-refractivity contribution in [2.24, 2.45) is 0 Å². The van der Waals surface area contributed by atoms with Crippen molar-refractivity contribution < 1.29 is 9.53 Å². The van der Waals surface area contributed by atoms with Crippen LogP contribution in [0.4, 0.5) is 0 Å². The van der Waals surface area contributed by atoms with Gasteiger partial charge in [-0.25, -0.2) is 0 Å². The van der Waals surface area contributed by atoms with Gasteiger partial charge in [0.1, 0.15) is 5.75 Å². The number of para-hydroxylation sites is 1. The van der Waals surface area contributed by atoms with Crippen molar-refractivity contribution in [2.75, 3.05) is 13.7 Å². The minimum absolute atomic E-state index is 0.0251. The fourth-order valence-corrected chi connectivity index (χ4v) is 4.95. The van der Waals surface area contributed by atoms with Gasteiger partial charge >= 0.3 is 0 Å². The predicted molar refractivity (Wildman–Crippen MR) is 153 cm³/mol. The number of aromatic nitrogens is 2. The Balaban J connectivity index is 1.44. The second kappa shape index (κ2) is 11.8. The van der Waals surface area contributed by atoms with Crippen molar-refractivity contribution >= 4 is 16.8 Å². The highest BCUT2D eigenvalue weighted by Gasteiger charge is 2.23. The molecule has 0 aliphatic rings. The molecular weight excluding hydrogens is 470 g/mol. The van der Waals surface area contributed by atoms with Crippen LogP contribution < -0.4 is 10.1 Å². The third-order valence-corrected chi connectivity index (χ3v) is 7.01. The number of aryl methyl sites for hydroxylation is 1. The fourth-order valence-electron chi connectivity index (χ4n) is 4.95. The Labute approximate surface area is 224 Å². The van der Waals surface area contributed by atoms with Gasteiger partial charge in [0.25, 0.3) is 0 Å². The van der Waals surface area contributed by atoms with E-state index in [1.807, 2.05) is 30.3 Å². The highest BCUT2D eigenvalue weighted by Crippen LogP contribution is 2.35. The lowest BCUT2D eigenvalue weighted by molar-refractivity contribution is -0.121.